The summed E-state index contributed by atoms with van der Waals surface area (Å²) < 4.78 is 0.954. The van der Waals surface area contributed by atoms with E-state index in [1.807, 2.05) is 84.9 Å². The van der Waals surface area contributed by atoms with Gasteiger partial charge in [0, 0.05) is 21.4 Å². The van der Waals surface area contributed by atoms with Gasteiger partial charge >= 0.3 is 0 Å². The molecule has 0 atom stereocenters. The molecule has 0 spiro atoms. The summed E-state index contributed by atoms with van der Waals surface area (Å²) in [5.41, 5.74) is 2.35. The van der Waals surface area contributed by atoms with Gasteiger partial charge in [-0.15, -0.1) is 0 Å². The van der Waals surface area contributed by atoms with Crippen molar-refractivity contribution >= 4 is 33.2 Å². The predicted octanol–water partition coefficient (Wildman–Crippen LogP) is 5.43. The van der Waals surface area contributed by atoms with Crippen LogP contribution in [0.3, 0.4) is 0 Å². The molecule has 0 unspecified atom stereocenters. The molecule has 0 heterocycles. The molecule has 22 heavy (non-hydrogen) atoms. The summed E-state index contributed by atoms with van der Waals surface area (Å²) in [5.74, 6) is -0.0510. The summed E-state index contributed by atoms with van der Waals surface area (Å²) >= 11 is 3.40. The van der Waals surface area contributed by atoms with E-state index in [0.29, 0.717) is 5.56 Å². The van der Waals surface area contributed by atoms with Crippen LogP contribution >= 0.6 is 15.9 Å². The molecule has 0 radical (unpaired) electrons. The van der Waals surface area contributed by atoms with Crippen molar-refractivity contribution in [1.29, 1.82) is 0 Å². The Balaban J connectivity index is 2.06. The first-order chi connectivity index (χ1) is 10.8. The first kappa shape index (κ1) is 14.5. The van der Waals surface area contributed by atoms with Crippen LogP contribution in [0.15, 0.2) is 89.4 Å². The summed E-state index contributed by atoms with van der Waals surface area (Å²) in [6.45, 7) is 0. The van der Waals surface area contributed by atoms with Crippen LogP contribution in [0, 0.1) is 0 Å². The number of halogens is 1. The lowest BCUT2D eigenvalue weighted by Gasteiger charge is -2.23. The molecule has 0 aromatic heterocycles. The zero-order chi connectivity index (χ0) is 15.4. The van der Waals surface area contributed by atoms with Gasteiger partial charge in [-0.2, -0.15) is 0 Å². The number of nitrogens with zero attached hydrogens (tertiary/aromatic N) is 1. The van der Waals surface area contributed by atoms with Gasteiger partial charge in [-0.3, -0.25) is 9.69 Å². The third kappa shape index (κ3) is 3.10. The molecule has 0 aliphatic heterocycles. The smallest absolute Gasteiger partial charge is 0.262 e. The highest BCUT2D eigenvalue weighted by atomic mass is 79.9. The second kappa shape index (κ2) is 6.58. The number of benzene rings is 3. The molecule has 3 heteroatoms. The molecule has 0 fully saturated rings. The maximum absolute atomic E-state index is 13.0. The topological polar surface area (TPSA) is 20.3 Å². The molecule has 108 valence electrons. The Bertz CT molecular complexity index is 715. The van der Waals surface area contributed by atoms with Crippen LogP contribution in [-0.2, 0) is 0 Å². The van der Waals surface area contributed by atoms with E-state index in [1.54, 1.807) is 4.90 Å². The fraction of sp³-hybridized carbons (Fsp3) is 0. The molecule has 0 aliphatic carbocycles. The fourth-order valence-electron chi connectivity index (χ4n) is 2.26. The van der Waals surface area contributed by atoms with Crippen LogP contribution in [0.2, 0.25) is 0 Å². The van der Waals surface area contributed by atoms with E-state index < -0.39 is 0 Å². The minimum absolute atomic E-state index is 0.0510. The van der Waals surface area contributed by atoms with Crippen LogP contribution in [0.1, 0.15) is 10.4 Å². The highest BCUT2D eigenvalue weighted by Gasteiger charge is 2.19. The third-order valence-corrected chi connectivity index (χ3v) is 3.85. The van der Waals surface area contributed by atoms with Crippen molar-refractivity contribution in [3.63, 3.8) is 0 Å². The Hall–Kier alpha value is -2.39. The normalized spacial score (nSPS) is 10.2. The van der Waals surface area contributed by atoms with E-state index in [4.69, 9.17) is 0 Å². The minimum atomic E-state index is -0.0510. The zero-order valence-corrected chi connectivity index (χ0v) is 13.4. The van der Waals surface area contributed by atoms with Crippen molar-refractivity contribution in [1.82, 2.24) is 0 Å². The molecule has 3 rings (SSSR count). The number of hydrogen-bond acceptors (Lipinski definition) is 1. The van der Waals surface area contributed by atoms with E-state index in [0.717, 1.165) is 15.8 Å². The van der Waals surface area contributed by atoms with Gasteiger partial charge in [-0.05, 0) is 48.5 Å². The minimum Gasteiger partial charge on any atom is -0.277 e. The lowest BCUT2D eigenvalue weighted by atomic mass is 10.1. The lowest BCUT2D eigenvalue weighted by molar-refractivity contribution is 0.0999. The number of carbonyl (C=O) groups is 1. The van der Waals surface area contributed by atoms with Crippen LogP contribution in [-0.4, -0.2) is 5.91 Å². The van der Waals surface area contributed by atoms with Crippen molar-refractivity contribution in [2.24, 2.45) is 0 Å². The largest absolute Gasteiger partial charge is 0.277 e. The number of carbonyl (C=O) groups excluding carboxylic acids is 1. The second-order valence-electron chi connectivity index (χ2n) is 4.82. The average molecular weight is 352 g/mol. The van der Waals surface area contributed by atoms with Crippen LogP contribution in [0.5, 0.6) is 0 Å². The van der Waals surface area contributed by atoms with Crippen molar-refractivity contribution in [3.8, 4) is 0 Å². The number of rotatable bonds is 3. The van der Waals surface area contributed by atoms with Gasteiger partial charge in [0.05, 0.1) is 0 Å². The summed E-state index contributed by atoms with van der Waals surface area (Å²) in [5, 5.41) is 0. The summed E-state index contributed by atoms with van der Waals surface area (Å²) in [6, 6.07) is 26.7. The average Bonchev–Trinajstić information content (AvgIpc) is 2.57. The third-order valence-electron chi connectivity index (χ3n) is 3.32. The van der Waals surface area contributed by atoms with Crippen molar-refractivity contribution in [2.75, 3.05) is 4.90 Å². The van der Waals surface area contributed by atoms with E-state index in [2.05, 4.69) is 15.9 Å². The first-order valence-electron chi connectivity index (χ1n) is 6.96. The predicted molar refractivity (Wildman–Crippen MR) is 93.5 cm³/mol. The maximum Gasteiger partial charge on any atom is 0.262 e. The summed E-state index contributed by atoms with van der Waals surface area (Å²) in [4.78, 5) is 14.7. The fourth-order valence-corrected chi connectivity index (χ4v) is 2.52. The molecule has 3 aromatic carbocycles. The Morgan fingerprint density at radius 3 is 1.59 bits per heavy atom. The molecular weight excluding hydrogens is 338 g/mol. The first-order valence-corrected chi connectivity index (χ1v) is 7.75. The van der Waals surface area contributed by atoms with Gasteiger partial charge in [0.25, 0.3) is 5.91 Å². The molecule has 0 saturated carbocycles. The highest BCUT2D eigenvalue weighted by Crippen LogP contribution is 2.27. The molecule has 1 amide bonds. The molecule has 3 aromatic rings. The molecule has 0 N–H and O–H groups in total. The van der Waals surface area contributed by atoms with Gasteiger partial charge in [-0.1, -0.05) is 52.3 Å². The summed E-state index contributed by atoms with van der Waals surface area (Å²) in [6.07, 6.45) is 0. The van der Waals surface area contributed by atoms with Gasteiger partial charge < -0.3 is 0 Å². The van der Waals surface area contributed by atoms with Crippen LogP contribution < -0.4 is 4.90 Å². The summed E-state index contributed by atoms with van der Waals surface area (Å²) in [7, 11) is 0. The van der Waals surface area contributed by atoms with Crippen molar-refractivity contribution in [2.45, 2.75) is 0 Å². The van der Waals surface area contributed by atoms with Crippen LogP contribution in [0.25, 0.3) is 0 Å². The molecule has 2 nitrogen and oxygen atoms in total. The zero-order valence-electron chi connectivity index (χ0n) is 11.8. The quantitative estimate of drug-likeness (QED) is 0.616. The van der Waals surface area contributed by atoms with Crippen molar-refractivity contribution in [3.05, 3.63) is 95.0 Å². The number of amides is 1. The Kier molecular flexibility index (Phi) is 4.35. The highest BCUT2D eigenvalue weighted by molar-refractivity contribution is 9.10. The molecule has 0 bridgehead atoms. The molecule has 0 saturated heterocycles. The van der Waals surface area contributed by atoms with E-state index >= 15 is 0 Å². The Morgan fingerprint density at radius 2 is 1.14 bits per heavy atom. The Morgan fingerprint density at radius 1 is 0.682 bits per heavy atom. The van der Waals surface area contributed by atoms with Gasteiger partial charge in [0.2, 0.25) is 0 Å². The number of anilines is 2. The monoisotopic (exact) mass is 351 g/mol. The van der Waals surface area contributed by atoms with Gasteiger partial charge in [0.15, 0.2) is 0 Å². The van der Waals surface area contributed by atoms with Gasteiger partial charge in [0.1, 0.15) is 0 Å². The standard InChI is InChI=1S/C19H14BrNO/c20-16-13-11-15(12-14-16)19(22)21(17-7-3-1-4-8-17)18-9-5-2-6-10-18/h1-14H. The van der Waals surface area contributed by atoms with E-state index in [9.17, 15) is 4.79 Å². The maximum atomic E-state index is 13.0. The SMILES string of the molecule is O=C(c1ccc(Br)cc1)N(c1ccccc1)c1ccccc1. The van der Waals surface area contributed by atoms with Gasteiger partial charge in [-0.25, -0.2) is 0 Å². The van der Waals surface area contributed by atoms with E-state index in [1.165, 1.54) is 0 Å². The molecular formula is C19H14BrNO. The van der Waals surface area contributed by atoms with Crippen molar-refractivity contribution < 1.29 is 4.79 Å². The molecule has 0 aliphatic rings. The van der Waals surface area contributed by atoms with E-state index in [-0.39, 0.29) is 5.91 Å². The number of hydrogen-bond donors (Lipinski definition) is 0. The number of para-hydroxylation sites is 2. The lowest BCUT2D eigenvalue weighted by Crippen LogP contribution is -2.25. The second-order valence-corrected chi connectivity index (χ2v) is 5.73. The van der Waals surface area contributed by atoms with Crippen LogP contribution in [0.4, 0.5) is 11.4 Å². The Labute approximate surface area is 138 Å².